The molecular formula is C11H19I. The molecule has 2 aliphatic carbocycles. The monoisotopic (exact) mass is 278 g/mol. The summed E-state index contributed by atoms with van der Waals surface area (Å²) in [6.45, 7) is 0. The van der Waals surface area contributed by atoms with Gasteiger partial charge in [-0.3, -0.25) is 0 Å². The van der Waals surface area contributed by atoms with E-state index in [9.17, 15) is 0 Å². The predicted octanol–water partition coefficient (Wildman–Crippen LogP) is 3.75. The average Bonchev–Trinajstić information content (AvgIpc) is 2.17. The van der Waals surface area contributed by atoms with Crippen molar-refractivity contribution >= 4 is 24.2 Å². The van der Waals surface area contributed by atoms with Gasteiger partial charge in [0.05, 0.1) is 0 Å². The van der Waals surface area contributed by atoms with Crippen LogP contribution in [-0.4, -0.2) is 8.44 Å². The molecule has 2 aliphatic rings. The second-order valence-electron chi connectivity index (χ2n) is 4.25. The van der Waals surface area contributed by atoms with Crippen LogP contribution in [0.25, 0.3) is 0 Å². The third-order valence-corrected chi connectivity index (χ3v) is 6.11. The Morgan fingerprint density at radius 2 is 1.83 bits per heavy atom. The first-order valence-corrected chi connectivity index (χ1v) is 8.48. The molecule has 0 aromatic carbocycles. The summed E-state index contributed by atoms with van der Waals surface area (Å²) in [7, 11) is 0. The van der Waals surface area contributed by atoms with Crippen molar-refractivity contribution in [2.45, 2.75) is 44.9 Å². The SMILES string of the molecule is CI=C1CCC2CCCCC2C1. The second kappa shape index (κ2) is 4.21. The Hall–Kier alpha value is 0.600. The number of halogens is 1. The van der Waals surface area contributed by atoms with Crippen LogP contribution >= 0.6 is 20.7 Å². The zero-order valence-corrected chi connectivity index (χ0v) is 10.1. The van der Waals surface area contributed by atoms with Crippen molar-refractivity contribution in [2.75, 3.05) is 4.93 Å². The molecule has 0 heterocycles. The maximum absolute atomic E-state index is 2.44. The van der Waals surface area contributed by atoms with Crippen LogP contribution in [0.2, 0.25) is 0 Å². The lowest BCUT2D eigenvalue weighted by Crippen LogP contribution is -2.26. The van der Waals surface area contributed by atoms with E-state index in [2.05, 4.69) is 4.93 Å². The first kappa shape index (κ1) is 9.17. The quantitative estimate of drug-likeness (QED) is 0.467. The molecule has 70 valence electrons. The van der Waals surface area contributed by atoms with Gasteiger partial charge in [0.2, 0.25) is 0 Å². The summed E-state index contributed by atoms with van der Waals surface area (Å²) in [5.74, 6) is 2.26. The molecule has 12 heavy (non-hydrogen) atoms. The zero-order valence-electron chi connectivity index (χ0n) is 7.98. The highest BCUT2D eigenvalue weighted by molar-refractivity contribution is 14.2. The van der Waals surface area contributed by atoms with Crippen molar-refractivity contribution in [1.82, 2.24) is 0 Å². The summed E-state index contributed by atoms with van der Waals surface area (Å²) >= 11 is 0.469. The Balaban J connectivity index is 1.98. The van der Waals surface area contributed by atoms with E-state index >= 15 is 0 Å². The van der Waals surface area contributed by atoms with Gasteiger partial charge in [-0.1, -0.05) is 19.3 Å². The maximum atomic E-state index is 2.44. The summed E-state index contributed by atoms with van der Waals surface area (Å²) in [6, 6.07) is 0. The fourth-order valence-electron chi connectivity index (χ4n) is 2.83. The van der Waals surface area contributed by atoms with E-state index in [1.807, 2.05) is 3.51 Å². The summed E-state index contributed by atoms with van der Waals surface area (Å²) < 4.78 is 1.97. The largest absolute Gasteiger partial charge is 0.127 e. The number of hydrogen-bond acceptors (Lipinski definition) is 0. The van der Waals surface area contributed by atoms with Crippen LogP contribution in [-0.2, 0) is 0 Å². The molecule has 2 fully saturated rings. The van der Waals surface area contributed by atoms with Gasteiger partial charge in [0.1, 0.15) is 0 Å². The van der Waals surface area contributed by atoms with Crippen LogP contribution < -0.4 is 0 Å². The Labute approximate surface area is 85.9 Å². The molecule has 0 aliphatic heterocycles. The molecule has 0 aromatic heterocycles. The van der Waals surface area contributed by atoms with Gasteiger partial charge in [0.15, 0.2) is 0 Å². The van der Waals surface area contributed by atoms with Crippen molar-refractivity contribution in [1.29, 1.82) is 0 Å². The lowest BCUT2D eigenvalue weighted by atomic mass is 9.71. The number of rotatable bonds is 0. The van der Waals surface area contributed by atoms with Crippen LogP contribution in [0.3, 0.4) is 0 Å². The molecule has 0 bridgehead atoms. The molecular weight excluding hydrogens is 259 g/mol. The van der Waals surface area contributed by atoms with E-state index in [4.69, 9.17) is 0 Å². The second-order valence-corrected chi connectivity index (χ2v) is 6.86. The lowest BCUT2D eigenvalue weighted by Gasteiger charge is -2.36. The third-order valence-electron chi connectivity index (χ3n) is 3.60. The minimum atomic E-state index is 0.469. The average molecular weight is 278 g/mol. The third kappa shape index (κ3) is 1.91. The maximum Gasteiger partial charge on any atom is -0.0169 e. The van der Waals surface area contributed by atoms with Gasteiger partial charge in [-0.25, -0.2) is 0 Å². The molecule has 0 radical (unpaired) electrons. The van der Waals surface area contributed by atoms with Crippen molar-refractivity contribution < 1.29 is 0 Å². The minimum absolute atomic E-state index is 0.469. The van der Waals surface area contributed by atoms with Crippen molar-refractivity contribution in [3.05, 3.63) is 0 Å². The van der Waals surface area contributed by atoms with E-state index in [0.717, 1.165) is 11.8 Å². The zero-order chi connectivity index (χ0) is 8.39. The normalized spacial score (nSPS) is 40.2. The van der Waals surface area contributed by atoms with Crippen LogP contribution in [0.5, 0.6) is 0 Å². The summed E-state index contributed by atoms with van der Waals surface area (Å²) in [4.78, 5) is 2.44. The molecule has 0 aromatic rings. The Morgan fingerprint density at radius 1 is 1.08 bits per heavy atom. The predicted molar refractivity (Wildman–Crippen MR) is 64.3 cm³/mol. The molecule has 2 unspecified atom stereocenters. The van der Waals surface area contributed by atoms with Gasteiger partial charge in [-0.05, 0) is 46.0 Å². The Kier molecular flexibility index (Phi) is 3.21. The summed E-state index contributed by atoms with van der Waals surface area (Å²) in [5.41, 5.74) is 0. The number of alkyl halides is 1. The minimum Gasteiger partial charge on any atom is -0.127 e. The standard InChI is InChI=1S/C11H19I/c1-12-11-7-6-9-4-2-3-5-10(9)8-11/h9-10H,2-8H2,1H3. The molecule has 0 saturated heterocycles. The van der Waals surface area contributed by atoms with Crippen LogP contribution in [0, 0.1) is 11.8 Å². The van der Waals surface area contributed by atoms with Crippen LogP contribution in [0.4, 0.5) is 0 Å². The highest BCUT2D eigenvalue weighted by atomic mass is 127. The van der Waals surface area contributed by atoms with E-state index in [1.165, 1.54) is 25.7 Å². The first-order chi connectivity index (χ1) is 5.90. The van der Waals surface area contributed by atoms with Crippen LogP contribution in [0.15, 0.2) is 0 Å². The van der Waals surface area contributed by atoms with Gasteiger partial charge in [-0.2, -0.15) is 0 Å². The Morgan fingerprint density at radius 3 is 2.58 bits per heavy atom. The van der Waals surface area contributed by atoms with Gasteiger partial charge in [-0.15, -0.1) is 20.7 Å². The molecule has 2 saturated carbocycles. The Bertz CT molecular complexity index is 183. The van der Waals surface area contributed by atoms with Gasteiger partial charge >= 0.3 is 0 Å². The summed E-state index contributed by atoms with van der Waals surface area (Å²) in [5, 5.41) is 0. The molecule has 0 N–H and O–H groups in total. The topological polar surface area (TPSA) is 0 Å². The molecule has 1 heteroatoms. The van der Waals surface area contributed by atoms with E-state index in [1.54, 1.807) is 19.3 Å². The van der Waals surface area contributed by atoms with Crippen LogP contribution in [0.1, 0.15) is 44.9 Å². The first-order valence-electron chi connectivity index (χ1n) is 5.24. The van der Waals surface area contributed by atoms with Gasteiger partial charge in [0, 0.05) is 0 Å². The highest BCUT2D eigenvalue weighted by Crippen LogP contribution is 2.40. The molecule has 0 amide bonds. The molecule has 0 spiro atoms. The van der Waals surface area contributed by atoms with Gasteiger partial charge in [0.25, 0.3) is 0 Å². The molecule has 0 nitrogen and oxygen atoms in total. The number of hydrogen-bond donors (Lipinski definition) is 0. The summed E-state index contributed by atoms with van der Waals surface area (Å²) in [6.07, 6.45) is 10.7. The lowest BCUT2D eigenvalue weighted by molar-refractivity contribution is 0.220. The highest BCUT2D eigenvalue weighted by Gasteiger charge is 2.29. The van der Waals surface area contributed by atoms with E-state index < -0.39 is 0 Å². The van der Waals surface area contributed by atoms with Gasteiger partial charge < -0.3 is 0 Å². The van der Waals surface area contributed by atoms with E-state index in [-0.39, 0.29) is 0 Å². The number of fused-ring (bicyclic) bond motifs is 1. The van der Waals surface area contributed by atoms with Crippen molar-refractivity contribution in [2.24, 2.45) is 11.8 Å². The van der Waals surface area contributed by atoms with Crippen molar-refractivity contribution in [3.8, 4) is 0 Å². The fraction of sp³-hybridized carbons (Fsp3) is 0.909. The van der Waals surface area contributed by atoms with E-state index in [0.29, 0.717) is 20.7 Å². The van der Waals surface area contributed by atoms with Crippen molar-refractivity contribution in [3.63, 3.8) is 0 Å². The molecule has 2 atom stereocenters. The smallest absolute Gasteiger partial charge is 0.0169 e. The fourth-order valence-corrected chi connectivity index (χ4v) is 4.69. The molecule has 2 rings (SSSR count).